The largest absolute Gasteiger partial charge is 0.457 e. The standard InChI is InChI=1S/C21H24N2O2.ClH/c1-15-3-2-4-18(13-15)25-17-7-5-16(6-8-17)23-20(24)19-14-21(19)9-11-22-12-10-21;/h2-8,13,19,22H,9-12,14H2,1H3,(H,23,24);1H. The van der Waals surface area contributed by atoms with E-state index in [0.717, 1.165) is 55.1 Å². The first-order valence-corrected chi connectivity index (χ1v) is 9.01. The number of carbonyl (C=O) groups excluding carboxylic acids is 1. The normalized spacial score (nSPS) is 20.1. The zero-order valence-corrected chi connectivity index (χ0v) is 15.8. The van der Waals surface area contributed by atoms with Crippen LogP contribution in [0.4, 0.5) is 5.69 Å². The van der Waals surface area contributed by atoms with Crippen molar-refractivity contribution >= 4 is 24.0 Å². The van der Waals surface area contributed by atoms with Gasteiger partial charge in [-0.2, -0.15) is 0 Å². The maximum absolute atomic E-state index is 12.5. The molecule has 0 radical (unpaired) electrons. The van der Waals surface area contributed by atoms with Crippen molar-refractivity contribution in [1.82, 2.24) is 5.32 Å². The zero-order chi connectivity index (χ0) is 17.3. The van der Waals surface area contributed by atoms with Crippen molar-refractivity contribution in [2.75, 3.05) is 18.4 Å². The van der Waals surface area contributed by atoms with E-state index < -0.39 is 0 Å². The number of halogens is 1. The Labute approximate surface area is 160 Å². The number of rotatable bonds is 4. The molecule has 5 heteroatoms. The number of benzene rings is 2. The van der Waals surface area contributed by atoms with Crippen molar-refractivity contribution in [3.63, 3.8) is 0 Å². The Bertz CT molecular complexity index is 770. The van der Waals surface area contributed by atoms with Crippen LogP contribution in [-0.2, 0) is 4.79 Å². The van der Waals surface area contributed by atoms with Crippen LogP contribution in [-0.4, -0.2) is 19.0 Å². The molecule has 1 spiro atoms. The number of ether oxygens (including phenoxy) is 1. The second-order valence-electron chi connectivity index (χ2n) is 7.30. The number of amides is 1. The van der Waals surface area contributed by atoms with Gasteiger partial charge < -0.3 is 15.4 Å². The second kappa shape index (κ2) is 7.68. The summed E-state index contributed by atoms with van der Waals surface area (Å²) in [5.41, 5.74) is 2.26. The van der Waals surface area contributed by atoms with Gasteiger partial charge in [0.25, 0.3) is 0 Å². The van der Waals surface area contributed by atoms with E-state index in [-0.39, 0.29) is 29.6 Å². The smallest absolute Gasteiger partial charge is 0.228 e. The van der Waals surface area contributed by atoms with E-state index in [2.05, 4.69) is 10.6 Å². The first-order valence-electron chi connectivity index (χ1n) is 9.01. The minimum Gasteiger partial charge on any atom is -0.457 e. The van der Waals surface area contributed by atoms with Gasteiger partial charge in [0.05, 0.1) is 0 Å². The molecule has 0 aromatic heterocycles. The van der Waals surface area contributed by atoms with Gasteiger partial charge in [0.15, 0.2) is 0 Å². The van der Waals surface area contributed by atoms with E-state index in [1.54, 1.807) is 0 Å². The quantitative estimate of drug-likeness (QED) is 0.828. The van der Waals surface area contributed by atoms with Crippen LogP contribution in [0, 0.1) is 18.3 Å². The van der Waals surface area contributed by atoms with Crippen molar-refractivity contribution in [1.29, 1.82) is 0 Å². The maximum atomic E-state index is 12.5. The van der Waals surface area contributed by atoms with Crippen LogP contribution in [0.1, 0.15) is 24.8 Å². The van der Waals surface area contributed by atoms with Crippen molar-refractivity contribution in [3.8, 4) is 11.5 Å². The molecule has 1 saturated heterocycles. The van der Waals surface area contributed by atoms with Crippen LogP contribution >= 0.6 is 12.4 Å². The number of aryl methyl sites for hydroxylation is 1. The van der Waals surface area contributed by atoms with Gasteiger partial charge in [-0.05, 0) is 86.7 Å². The predicted molar refractivity (Wildman–Crippen MR) is 106 cm³/mol. The molecule has 1 heterocycles. The molecular weight excluding hydrogens is 348 g/mol. The van der Waals surface area contributed by atoms with Crippen LogP contribution in [0.15, 0.2) is 48.5 Å². The molecule has 26 heavy (non-hydrogen) atoms. The maximum Gasteiger partial charge on any atom is 0.228 e. The molecule has 2 fully saturated rings. The fraction of sp³-hybridized carbons (Fsp3) is 0.381. The second-order valence-corrected chi connectivity index (χ2v) is 7.30. The summed E-state index contributed by atoms with van der Waals surface area (Å²) < 4.78 is 5.85. The minimum absolute atomic E-state index is 0. The van der Waals surface area contributed by atoms with Gasteiger partial charge in [0, 0.05) is 11.6 Å². The van der Waals surface area contributed by atoms with E-state index in [4.69, 9.17) is 4.74 Å². The molecule has 138 valence electrons. The number of nitrogens with one attached hydrogen (secondary N) is 2. The van der Waals surface area contributed by atoms with Gasteiger partial charge in [-0.1, -0.05) is 12.1 Å². The van der Waals surface area contributed by atoms with E-state index in [1.807, 2.05) is 55.5 Å². The number of hydrogen-bond acceptors (Lipinski definition) is 3. The molecule has 1 atom stereocenters. The summed E-state index contributed by atoms with van der Waals surface area (Å²) >= 11 is 0. The Balaban J connectivity index is 0.00000196. The fourth-order valence-corrected chi connectivity index (χ4v) is 3.85. The van der Waals surface area contributed by atoms with E-state index in [9.17, 15) is 4.79 Å². The third-order valence-corrected chi connectivity index (χ3v) is 5.45. The first kappa shape index (κ1) is 18.7. The minimum atomic E-state index is 0. The molecule has 2 aromatic carbocycles. The predicted octanol–water partition coefficient (Wildman–Crippen LogP) is 4.54. The number of carbonyl (C=O) groups is 1. The molecular formula is C21H25ClN2O2. The topological polar surface area (TPSA) is 50.4 Å². The number of hydrogen-bond donors (Lipinski definition) is 2. The van der Waals surface area contributed by atoms with Gasteiger partial charge in [-0.15, -0.1) is 12.4 Å². The van der Waals surface area contributed by atoms with Crippen molar-refractivity contribution in [2.45, 2.75) is 26.2 Å². The highest BCUT2D eigenvalue weighted by Gasteiger charge is 2.57. The van der Waals surface area contributed by atoms with Gasteiger partial charge in [0.1, 0.15) is 11.5 Å². The van der Waals surface area contributed by atoms with Crippen LogP contribution in [0.5, 0.6) is 11.5 Å². The van der Waals surface area contributed by atoms with Gasteiger partial charge in [0.2, 0.25) is 5.91 Å². The summed E-state index contributed by atoms with van der Waals surface area (Å²) in [6.45, 7) is 4.11. The number of piperidine rings is 1. The zero-order valence-electron chi connectivity index (χ0n) is 15.0. The Morgan fingerprint density at radius 1 is 1.12 bits per heavy atom. The molecule has 1 aliphatic carbocycles. The molecule has 1 saturated carbocycles. The van der Waals surface area contributed by atoms with Gasteiger partial charge >= 0.3 is 0 Å². The fourth-order valence-electron chi connectivity index (χ4n) is 3.85. The SMILES string of the molecule is Cc1cccc(Oc2ccc(NC(=O)C3CC34CCNCC4)cc2)c1.Cl. The van der Waals surface area contributed by atoms with Crippen LogP contribution in [0.3, 0.4) is 0 Å². The van der Waals surface area contributed by atoms with E-state index in [1.165, 1.54) is 0 Å². The van der Waals surface area contributed by atoms with Crippen molar-refractivity contribution in [2.24, 2.45) is 11.3 Å². The van der Waals surface area contributed by atoms with Gasteiger partial charge in [-0.25, -0.2) is 0 Å². The lowest BCUT2D eigenvalue weighted by atomic mass is 9.92. The Morgan fingerprint density at radius 3 is 2.54 bits per heavy atom. The van der Waals surface area contributed by atoms with Crippen molar-refractivity contribution < 1.29 is 9.53 Å². The Morgan fingerprint density at radius 2 is 1.85 bits per heavy atom. The van der Waals surface area contributed by atoms with Crippen LogP contribution in [0.2, 0.25) is 0 Å². The van der Waals surface area contributed by atoms with E-state index >= 15 is 0 Å². The average Bonchev–Trinajstić information content (AvgIpc) is 3.30. The number of anilines is 1. The van der Waals surface area contributed by atoms with E-state index in [0.29, 0.717) is 0 Å². The molecule has 0 bridgehead atoms. The van der Waals surface area contributed by atoms with Gasteiger partial charge in [-0.3, -0.25) is 4.79 Å². The molecule has 1 aliphatic heterocycles. The summed E-state index contributed by atoms with van der Waals surface area (Å²) in [5.74, 6) is 1.93. The molecule has 1 unspecified atom stereocenters. The summed E-state index contributed by atoms with van der Waals surface area (Å²) in [5, 5.41) is 6.43. The summed E-state index contributed by atoms with van der Waals surface area (Å²) in [6, 6.07) is 15.6. The average molecular weight is 373 g/mol. The van der Waals surface area contributed by atoms with Crippen LogP contribution in [0.25, 0.3) is 0 Å². The third kappa shape index (κ3) is 4.02. The Kier molecular flexibility index (Phi) is 5.54. The summed E-state index contributed by atoms with van der Waals surface area (Å²) in [4.78, 5) is 12.5. The lowest BCUT2D eigenvalue weighted by Gasteiger charge is -2.23. The lowest BCUT2D eigenvalue weighted by molar-refractivity contribution is -0.118. The summed E-state index contributed by atoms with van der Waals surface area (Å²) in [6.07, 6.45) is 3.28. The molecule has 2 N–H and O–H groups in total. The monoisotopic (exact) mass is 372 g/mol. The summed E-state index contributed by atoms with van der Waals surface area (Å²) in [7, 11) is 0. The highest BCUT2D eigenvalue weighted by molar-refractivity contribution is 5.95. The lowest BCUT2D eigenvalue weighted by Crippen LogP contribution is -2.31. The molecule has 4 rings (SSSR count). The third-order valence-electron chi connectivity index (χ3n) is 5.45. The molecule has 1 amide bonds. The van der Waals surface area contributed by atoms with Crippen LogP contribution < -0.4 is 15.4 Å². The van der Waals surface area contributed by atoms with Crippen molar-refractivity contribution in [3.05, 3.63) is 54.1 Å². The Hall–Kier alpha value is -2.04. The highest BCUT2D eigenvalue weighted by Crippen LogP contribution is 2.58. The first-order chi connectivity index (χ1) is 12.1. The molecule has 2 aliphatic rings. The highest BCUT2D eigenvalue weighted by atomic mass is 35.5. The molecule has 4 nitrogen and oxygen atoms in total. The molecule has 2 aromatic rings.